The van der Waals surface area contributed by atoms with Crippen LogP contribution in [0.15, 0.2) is 6.33 Å². The summed E-state index contributed by atoms with van der Waals surface area (Å²) in [5, 5.41) is 13.9. The van der Waals surface area contributed by atoms with E-state index in [-0.39, 0.29) is 35.8 Å². The van der Waals surface area contributed by atoms with Gasteiger partial charge in [0.25, 0.3) is 0 Å². The van der Waals surface area contributed by atoms with Gasteiger partial charge in [0.05, 0.1) is 11.5 Å². The number of hydrogen-bond donors (Lipinski definition) is 3. The van der Waals surface area contributed by atoms with Gasteiger partial charge in [-0.15, -0.1) is 0 Å². The minimum absolute atomic E-state index is 0.0159. The van der Waals surface area contributed by atoms with E-state index in [1.165, 1.54) is 4.90 Å². The maximum Gasteiger partial charge on any atom is 0.354 e. The number of nitrogens with one attached hydrogen (secondary N) is 2. The molecule has 0 aromatic carbocycles. The second-order valence-electron chi connectivity index (χ2n) is 4.53. The first-order valence-corrected chi connectivity index (χ1v) is 6.41. The Labute approximate surface area is 121 Å². The first kappa shape index (κ1) is 16.6. The fourth-order valence-corrected chi connectivity index (χ4v) is 1.75. The fourth-order valence-electron chi connectivity index (χ4n) is 1.75. The van der Waals surface area contributed by atoms with E-state index >= 15 is 0 Å². The zero-order valence-corrected chi connectivity index (χ0v) is 12.2. The molecule has 0 atom stereocenters. The van der Waals surface area contributed by atoms with E-state index in [1.807, 2.05) is 13.8 Å². The van der Waals surface area contributed by atoms with Crippen molar-refractivity contribution < 1.29 is 9.72 Å². The molecule has 0 radical (unpaired) electrons. The van der Waals surface area contributed by atoms with Crippen molar-refractivity contribution in [3.05, 3.63) is 16.4 Å². The lowest BCUT2D eigenvalue weighted by atomic mass is 10.3. The van der Waals surface area contributed by atoms with Gasteiger partial charge in [-0.05, 0) is 20.8 Å². The minimum Gasteiger partial charge on any atom is -0.352 e. The molecule has 116 valence electrons. The molecule has 1 amide bonds. The molecular weight excluding hydrogens is 278 g/mol. The van der Waals surface area contributed by atoms with Gasteiger partial charge in [0, 0.05) is 12.6 Å². The van der Waals surface area contributed by atoms with Crippen molar-refractivity contribution in [1.82, 2.24) is 15.3 Å². The molecule has 0 fully saturated rings. The Kier molecular flexibility index (Phi) is 5.79. The molecule has 0 saturated carbocycles. The number of nitrogens with zero attached hydrogens (tertiary/aromatic N) is 4. The van der Waals surface area contributed by atoms with Crippen LogP contribution in [0.5, 0.6) is 0 Å². The van der Waals surface area contributed by atoms with Gasteiger partial charge in [0.1, 0.15) is 6.33 Å². The van der Waals surface area contributed by atoms with E-state index < -0.39 is 4.92 Å². The SMILES string of the molecule is CCN(CC(=O)NC(C)C)c1ncnc(NN)c1[N+](=O)[O-]. The lowest BCUT2D eigenvalue weighted by Crippen LogP contribution is -2.40. The number of nitrogens with two attached hydrogens (primary N) is 1. The number of hydrazine groups is 1. The van der Waals surface area contributed by atoms with Gasteiger partial charge < -0.3 is 15.6 Å². The van der Waals surface area contributed by atoms with E-state index in [0.29, 0.717) is 6.54 Å². The summed E-state index contributed by atoms with van der Waals surface area (Å²) in [7, 11) is 0. The summed E-state index contributed by atoms with van der Waals surface area (Å²) < 4.78 is 0. The Balaban J connectivity index is 3.11. The second-order valence-corrected chi connectivity index (χ2v) is 4.53. The van der Waals surface area contributed by atoms with Gasteiger partial charge in [0.15, 0.2) is 0 Å². The van der Waals surface area contributed by atoms with Crippen LogP contribution in [0.25, 0.3) is 0 Å². The normalized spacial score (nSPS) is 10.3. The molecule has 0 bridgehead atoms. The van der Waals surface area contributed by atoms with Crippen molar-refractivity contribution in [2.45, 2.75) is 26.8 Å². The standard InChI is InChI=1S/C11H19N7O3/c1-4-17(5-8(19)15-7(2)3)11-9(18(20)21)10(16-12)13-6-14-11/h6-7H,4-5,12H2,1-3H3,(H,15,19)(H,13,14,16). The van der Waals surface area contributed by atoms with Crippen molar-refractivity contribution in [1.29, 1.82) is 0 Å². The number of nitrogen functional groups attached to an aromatic ring is 1. The highest BCUT2D eigenvalue weighted by atomic mass is 16.6. The first-order chi connectivity index (χ1) is 9.90. The van der Waals surface area contributed by atoms with Crippen LogP contribution in [0.1, 0.15) is 20.8 Å². The van der Waals surface area contributed by atoms with E-state index in [4.69, 9.17) is 5.84 Å². The third-order valence-corrected chi connectivity index (χ3v) is 2.59. The molecule has 1 aromatic heterocycles. The third kappa shape index (κ3) is 4.24. The van der Waals surface area contributed by atoms with Crippen LogP contribution in [-0.2, 0) is 4.79 Å². The number of likely N-dealkylation sites (N-methyl/N-ethyl adjacent to an activating group) is 1. The van der Waals surface area contributed by atoms with Crippen molar-refractivity contribution in [2.75, 3.05) is 23.4 Å². The number of rotatable bonds is 7. The van der Waals surface area contributed by atoms with E-state index in [1.54, 1.807) is 6.92 Å². The van der Waals surface area contributed by atoms with Crippen molar-refractivity contribution >= 4 is 23.2 Å². The van der Waals surface area contributed by atoms with Gasteiger partial charge in [-0.25, -0.2) is 15.8 Å². The molecule has 1 heterocycles. The molecule has 1 rings (SSSR count). The zero-order valence-electron chi connectivity index (χ0n) is 12.2. The molecule has 0 aliphatic carbocycles. The summed E-state index contributed by atoms with van der Waals surface area (Å²) >= 11 is 0. The predicted octanol–water partition coefficient (Wildman–Crippen LogP) is 0.0213. The summed E-state index contributed by atoms with van der Waals surface area (Å²) in [6.45, 7) is 5.75. The van der Waals surface area contributed by atoms with Crippen LogP contribution < -0.4 is 21.5 Å². The number of nitro groups is 1. The highest BCUT2D eigenvalue weighted by molar-refractivity contribution is 5.83. The summed E-state index contributed by atoms with van der Waals surface area (Å²) in [5.74, 6) is 4.92. The quantitative estimate of drug-likeness (QED) is 0.363. The van der Waals surface area contributed by atoms with Gasteiger partial charge in [-0.1, -0.05) is 0 Å². The fraction of sp³-hybridized carbons (Fsp3) is 0.545. The van der Waals surface area contributed by atoms with Gasteiger partial charge in [-0.3, -0.25) is 14.9 Å². The Morgan fingerprint density at radius 2 is 2.19 bits per heavy atom. The number of aromatic nitrogens is 2. The van der Waals surface area contributed by atoms with Crippen LogP contribution in [0, 0.1) is 10.1 Å². The average molecular weight is 297 g/mol. The third-order valence-electron chi connectivity index (χ3n) is 2.59. The number of anilines is 2. The molecule has 0 unspecified atom stereocenters. The van der Waals surface area contributed by atoms with Crippen molar-refractivity contribution in [3.63, 3.8) is 0 Å². The van der Waals surface area contributed by atoms with Crippen LogP contribution in [-0.4, -0.2) is 39.9 Å². The van der Waals surface area contributed by atoms with Crippen LogP contribution in [0.4, 0.5) is 17.3 Å². The van der Waals surface area contributed by atoms with Crippen LogP contribution in [0.2, 0.25) is 0 Å². The molecule has 0 spiro atoms. The van der Waals surface area contributed by atoms with Gasteiger partial charge in [0.2, 0.25) is 17.5 Å². The Morgan fingerprint density at radius 3 is 2.67 bits per heavy atom. The molecule has 0 aliphatic heterocycles. The molecule has 4 N–H and O–H groups in total. The summed E-state index contributed by atoms with van der Waals surface area (Å²) in [4.78, 5) is 31.5. The van der Waals surface area contributed by atoms with Gasteiger partial charge >= 0.3 is 5.69 Å². The zero-order chi connectivity index (χ0) is 16.0. The van der Waals surface area contributed by atoms with Crippen molar-refractivity contribution in [2.24, 2.45) is 5.84 Å². The summed E-state index contributed by atoms with van der Waals surface area (Å²) in [6.07, 6.45) is 1.15. The van der Waals surface area contributed by atoms with Crippen LogP contribution >= 0.6 is 0 Å². The van der Waals surface area contributed by atoms with Crippen molar-refractivity contribution in [3.8, 4) is 0 Å². The largest absolute Gasteiger partial charge is 0.354 e. The van der Waals surface area contributed by atoms with Crippen LogP contribution in [0.3, 0.4) is 0 Å². The maximum absolute atomic E-state index is 11.8. The summed E-state index contributed by atoms with van der Waals surface area (Å²) in [6, 6.07) is -0.0159. The van der Waals surface area contributed by atoms with Gasteiger partial charge in [-0.2, -0.15) is 0 Å². The topological polar surface area (TPSA) is 139 Å². The number of amides is 1. The predicted molar refractivity (Wildman–Crippen MR) is 77.7 cm³/mol. The maximum atomic E-state index is 11.8. The van der Waals surface area contributed by atoms with E-state index in [9.17, 15) is 14.9 Å². The highest BCUT2D eigenvalue weighted by Gasteiger charge is 2.27. The minimum atomic E-state index is -0.631. The van der Waals surface area contributed by atoms with E-state index in [2.05, 4.69) is 20.7 Å². The second kappa shape index (κ2) is 7.33. The molecule has 10 heteroatoms. The number of hydrogen-bond acceptors (Lipinski definition) is 8. The lowest BCUT2D eigenvalue weighted by Gasteiger charge is -2.22. The molecule has 0 saturated heterocycles. The number of carbonyl (C=O) groups is 1. The first-order valence-electron chi connectivity index (χ1n) is 6.41. The Hall–Kier alpha value is -2.49. The monoisotopic (exact) mass is 297 g/mol. The Morgan fingerprint density at radius 1 is 1.52 bits per heavy atom. The molecule has 10 nitrogen and oxygen atoms in total. The molecule has 1 aromatic rings. The molecule has 0 aliphatic rings. The Bertz CT molecular complexity index is 521. The molecule has 21 heavy (non-hydrogen) atoms. The number of carbonyl (C=O) groups excluding carboxylic acids is 1. The lowest BCUT2D eigenvalue weighted by molar-refractivity contribution is -0.383. The smallest absolute Gasteiger partial charge is 0.352 e. The van der Waals surface area contributed by atoms with E-state index in [0.717, 1.165) is 6.33 Å². The average Bonchev–Trinajstić information content (AvgIpc) is 2.42. The highest BCUT2D eigenvalue weighted by Crippen LogP contribution is 2.30. The molecular formula is C11H19N7O3. The summed E-state index contributed by atoms with van der Waals surface area (Å²) in [5.41, 5.74) is 1.80.